The van der Waals surface area contributed by atoms with Crippen molar-refractivity contribution in [1.29, 1.82) is 0 Å². The Morgan fingerprint density at radius 2 is 1.77 bits per heavy atom. The van der Waals surface area contributed by atoms with E-state index >= 15 is 0 Å². The Labute approximate surface area is 183 Å². The van der Waals surface area contributed by atoms with Crippen LogP contribution in [0.4, 0.5) is 0 Å². The summed E-state index contributed by atoms with van der Waals surface area (Å²) in [4.78, 5) is 12.3. The molecule has 0 aliphatic heterocycles. The van der Waals surface area contributed by atoms with E-state index in [0.717, 1.165) is 39.0 Å². The third-order valence-electron chi connectivity index (χ3n) is 4.48. The first-order chi connectivity index (χ1) is 14.6. The summed E-state index contributed by atoms with van der Waals surface area (Å²) in [6.07, 6.45) is 1.82. The molecule has 150 valence electrons. The Morgan fingerprint density at radius 1 is 1.03 bits per heavy atom. The summed E-state index contributed by atoms with van der Waals surface area (Å²) < 4.78 is 5.26. The molecule has 0 spiro atoms. The summed E-state index contributed by atoms with van der Waals surface area (Å²) in [5, 5.41) is 14.2. The van der Waals surface area contributed by atoms with E-state index in [-0.39, 0.29) is 10.9 Å². The number of halogens is 1. The smallest absolute Gasteiger partial charge is 0.282 e. The zero-order valence-corrected chi connectivity index (χ0v) is 17.7. The van der Waals surface area contributed by atoms with Crippen LogP contribution in [-0.4, -0.2) is 23.2 Å². The number of rotatable bonds is 6. The zero-order valence-electron chi connectivity index (χ0n) is 16.1. The summed E-state index contributed by atoms with van der Waals surface area (Å²) in [5.41, 5.74) is 1.95. The van der Waals surface area contributed by atoms with Crippen molar-refractivity contribution in [2.75, 3.05) is 7.11 Å². The molecule has 1 amide bonds. The van der Waals surface area contributed by atoms with Gasteiger partial charge < -0.3 is 10.1 Å². The first kappa shape index (κ1) is 20.1. The first-order valence-corrected chi connectivity index (χ1v) is 10.4. The maximum Gasteiger partial charge on any atom is 0.282 e. The van der Waals surface area contributed by atoms with Gasteiger partial charge in [0.05, 0.1) is 12.1 Å². The molecule has 0 fully saturated rings. The van der Waals surface area contributed by atoms with E-state index in [0.29, 0.717) is 16.6 Å². The Kier molecular flexibility index (Phi) is 6.07. The lowest BCUT2D eigenvalue weighted by atomic mass is 10.1. The molecule has 30 heavy (non-hydrogen) atoms. The van der Waals surface area contributed by atoms with Gasteiger partial charge in [-0.1, -0.05) is 71.5 Å². The predicted octanol–water partition coefficient (Wildman–Crippen LogP) is 5.37. The molecule has 7 heteroatoms. The number of benzene rings is 3. The van der Waals surface area contributed by atoms with Gasteiger partial charge in [-0.25, -0.2) is 0 Å². The van der Waals surface area contributed by atoms with Crippen LogP contribution in [0, 0.1) is 0 Å². The Hall–Kier alpha value is -3.22. The van der Waals surface area contributed by atoms with Crippen molar-refractivity contribution in [2.24, 2.45) is 0 Å². The second kappa shape index (κ2) is 9.07. The average molecular weight is 436 g/mol. The minimum Gasteiger partial charge on any atom is -0.497 e. The van der Waals surface area contributed by atoms with E-state index in [1.165, 1.54) is 0 Å². The number of nitrogens with zero attached hydrogens (tertiary/aromatic N) is 2. The summed E-state index contributed by atoms with van der Waals surface area (Å²) in [6.45, 7) is 0.431. The van der Waals surface area contributed by atoms with E-state index < -0.39 is 0 Å². The molecule has 1 heterocycles. The molecule has 0 atom stereocenters. The number of hydrogen-bond donors (Lipinski definition) is 1. The molecular weight excluding hydrogens is 418 g/mol. The van der Waals surface area contributed by atoms with Crippen LogP contribution in [0.3, 0.4) is 0 Å². The monoisotopic (exact) mass is 435 g/mol. The van der Waals surface area contributed by atoms with E-state index in [2.05, 4.69) is 15.5 Å². The highest BCUT2D eigenvalue weighted by Gasteiger charge is 2.14. The summed E-state index contributed by atoms with van der Waals surface area (Å²) in [7, 11) is 1.65. The van der Waals surface area contributed by atoms with Crippen molar-refractivity contribution in [3.63, 3.8) is 0 Å². The number of ether oxygens (including phenoxy) is 1. The summed E-state index contributed by atoms with van der Waals surface area (Å²) in [6, 6.07) is 21.6. The standard InChI is InChI=1S/C23H18ClN3O2S/c1-29-19-10-9-17-11-16(7-8-18(17)13-19)12-20(24)22-26-27-23(30-22)21(28)25-14-15-5-3-2-4-6-15/h2-13H,14H2,1H3,(H,25,28)/b20-12-. The van der Waals surface area contributed by atoms with Crippen molar-refractivity contribution in [2.45, 2.75) is 6.54 Å². The highest BCUT2D eigenvalue weighted by Crippen LogP contribution is 2.27. The van der Waals surface area contributed by atoms with E-state index in [4.69, 9.17) is 16.3 Å². The second-order valence-corrected chi connectivity index (χ2v) is 7.93. The number of fused-ring (bicyclic) bond motifs is 1. The van der Waals surface area contributed by atoms with Crippen LogP contribution in [0.1, 0.15) is 25.9 Å². The lowest BCUT2D eigenvalue weighted by molar-refractivity contribution is 0.0950. The van der Waals surface area contributed by atoms with Crippen molar-refractivity contribution in [3.05, 3.63) is 87.9 Å². The van der Waals surface area contributed by atoms with Crippen molar-refractivity contribution >= 4 is 50.7 Å². The van der Waals surface area contributed by atoms with Gasteiger partial charge >= 0.3 is 0 Å². The second-order valence-electron chi connectivity index (χ2n) is 6.55. The largest absolute Gasteiger partial charge is 0.497 e. The Bertz CT molecular complexity index is 1220. The number of carbonyl (C=O) groups excluding carboxylic acids is 1. The van der Waals surface area contributed by atoms with Gasteiger partial charge in [-0.3, -0.25) is 4.79 Å². The molecule has 0 radical (unpaired) electrons. The molecule has 0 unspecified atom stereocenters. The molecule has 1 N–H and O–H groups in total. The highest BCUT2D eigenvalue weighted by molar-refractivity contribution is 7.15. The Balaban J connectivity index is 1.47. The molecule has 3 aromatic carbocycles. The van der Waals surface area contributed by atoms with Crippen molar-refractivity contribution in [3.8, 4) is 5.75 Å². The van der Waals surface area contributed by atoms with Crippen LogP contribution in [0.15, 0.2) is 66.7 Å². The molecule has 0 bridgehead atoms. The fourth-order valence-corrected chi connectivity index (χ4v) is 3.88. The van der Waals surface area contributed by atoms with Gasteiger partial charge in [-0.2, -0.15) is 0 Å². The van der Waals surface area contributed by atoms with Crippen LogP contribution >= 0.6 is 22.9 Å². The molecule has 1 aromatic heterocycles. The number of hydrogen-bond acceptors (Lipinski definition) is 5. The van der Waals surface area contributed by atoms with Crippen molar-refractivity contribution < 1.29 is 9.53 Å². The molecule has 4 aromatic rings. The van der Waals surface area contributed by atoms with Crippen LogP contribution in [0.25, 0.3) is 21.9 Å². The van der Waals surface area contributed by atoms with E-state index in [1.54, 1.807) is 7.11 Å². The van der Waals surface area contributed by atoms with Crippen LogP contribution in [0.5, 0.6) is 5.75 Å². The number of amides is 1. The van der Waals surface area contributed by atoms with Crippen LogP contribution in [0.2, 0.25) is 0 Å². The minimum atomic E-state index is -0.272. The van der Waals surface area contributed by atoms with Gasteiger partial charge in [0.1, 0.15) is 5.75 Å². The quantitative estimate of drug-likeness (QED) is 0.442. The molecule has 4 rings (SSSR count). The third kappa shape index (κ3) is 4.67. The fourth-order valence-electron chi connectivity index (χ4n) is 2.93. The zero-order chi connectivity index (χ0) is 20.9. The number of nitrogens with one attached hydrogen (secondary N) is 1. The number of carbonyl (C=O) groups is 1. The maximum absolute atomic E-state index is 12.3. The lowest BCUT2D eigenvalue weighted by Crippen LogP contribution is -2.22. The van der Waals surface area contributed by atoms with Crippen LogP contribution in [-0.2, 0) is 6.54 Å². The molecule has 0 saturated heterocycles. The third-order valence-corrected chi connectivity index (χ3v) is 5.84. The van der Waals surface area contributed by atoms with Gasteiger partial charge in [-0.05, 0) is 46.2 Å². The van der Waals surface area contributed by atoms with Gasteiger partial charge in [0.15, 0.2) is 5.01 Å². The molecule has 5 nitrogen and oxygen atoms in total. The highest BCUT2D eigenvalue weighted by atomic mass is 35.5. The average Bonchev–Trinajstić information content (AvgIpc) is 3.28. The maximum atomic E-state index is 12.3. The first-order valence-electron chi connectivity index (χ1n) is 9.23. The van der Waals surface area contributed by atoms with E-state index in [1.807, 2.05) is 72.8 Å². The molecular formula is C23H18ClN3O2S. The topological polar surface area (TPSA) is 64.1 Å². The summed E-state index contributed by atoms with van der Waals surface area (Å²) in [5.74, 6) is 0.544. The normalized spacial score (nSPS) is 11.5. The van der Waals surface area contributed by atoms with Crippen LogP contribution < -0.4 is 10.1 Å². The predicted molar refractivity (Wildman–Crippen MR) is 122 cm³/mol. The Morgan fingerprint density at radius 3 is 2.57 bits per heavy atom. The molecule has 0 aliphatic rings. The minimum absolute atomic E-state index is 0.272. The molecule has 0 aliphatic carbocycles. The number of methoxy groups -OCH3 is 1. The molecule has 0 saturated carbocycles. The van der Waals surface area contributed by atoms with Gasteiger partial charge in [0, 0.05) is 6.54 Å². The fraction of sp³-hybridized carbons (Fsp3) is 0.0870. The van der Waals surface area contributed by atoms with E-state index in [9.17, 15) is 4.79 Å². The SMILES string of the molecule is COc1ccc2cc(/C=C(\Cl)c3nnc(C(=O)NCc4ccccc4)s3)ccc2c1. The van der Waals surface area contributed by atoms with Gasteiger partial charge in [-0.15, -0.1) is 10.2 Å². The van der Waals surface area contributed by atoms with Gasteiger partial charge in [0.25, 0.3) is 5.91 Å². The van der Waals surface area contributed by atoms with Gasteiger partial charge in [0.2, 0.25) is 5.01 Å². The lowest BCUT2D eigenvalue weighted by Gasteiger charge is -2.04. The number of aromatic nitrogens is 2. The summed E-state index contributed by atoms with van der Waals surface area (Å²) >= 11 is 7.61. The van der Waals surface area contributed by atoms with Crippen molar-refractivity contribution in [1.82, 2.24) is 15.5 Å².